The van der Waals surface area contributed by atoms with Gasteiger partial charge in [0.1, 0.15) is 11.6 Å². The van der Waals surface area contributed by atoms with Crippen molar-refractivity contribution in [2.75, 3.05) is 45.9 Å². The lowest BCUT2D eigenvalue weighted by Gasteiger charge is -2.37. The number of hydrogen-bond acceptors (Lipinski definition) is 8. The highest BCUT2D eigenvalue weighted by Crippen LogP contribution is 2.40. The number of carbonyl (C=O) groups is 1. The number of aromatic nitrogens is 3. The molecule has 0 amide bonds. The van der Waals surface area contributed by atoms with Crippen molar-refractivity contribution in [1.82, 2.24) is 14.8 Å². The number of carboxylic acid groups (broad SMARTS) is 1. The number of anilines is 1. The number of hydrogen-bond donors (Lipinski definition) is 2. The van der Waals surface area contributed by atoms with E-state index in [0.29, 0.717) is 44.3 Å². The summed E-state index contributed by atoms with van der Waals surface area (Å²) in [5.41, 5.74) is 4.36. The van der Waals surface area contributed by atoms with Crippen molar-refractivity contribution in [1.29, 1.82) is 0 Å². The maximum absolute atomic E-state index is 12.0. The Hall–Kier alpha value is -3.63. The molecule has 0 radical (unpaired) electrons. The molecule has 41 heavy (non-hydrogen) atoms. The molecular formula is C31H40N4O6. The summed E-state index contributed by atoms with van der Waals surface area (Å²) in [5, 5.41) is 17.8. The first-order valence-corrected chi connectivity index (χ1v) is 14.3. The highest BCUT2D eigenvalue weighted by atomic mass is 16.5. The summed E-state index contributed by atoms with van der Waals surface area (Å²) in [7, 11) is 5.16. The minimum absolute atomic E-state index is 0.0618. The number of pyridine rings is 1. The Morgan fingerprint density at radius 2 is 2.00 bits per heavy atom. The van der Waals surface area contributed by atoms with Gasteiger partial charge in [-0.25, -0.2) is 9.67 Å². The average molecular weight is 565 g/mol. The molecule has 10 nitrogen and oxygen atoms in total. The molecule has 0 spiro atoms. The van der Waals surface area contributed by atoms with E-state index in [9.17, 15) is 9.90 Å². The number of rotatable bonds is 12. The van der Waals surface area contributed by atoms with Crippen LogP contribution < -0.4 is 14.8 Å². The van der Waals surface area contributed by atoms with Gasteiger partial charge in [-0.15, -0.1) is 0 Å². The molecule has 1 saturated heterocycles. The fraction of sp³-hybridized carbons (Fsp3) is 0.516. The maximum atomic E-state index is 12.0. The Bertz CT molecular complexity index is 1350. The molecule has 10 heteroatoms. The van der Waals surface area contributed by atoms with Crippen LogP contribution in [0.5, 0.6) is 11.6 Å². The van der Waals surface area contributed by atoms with E-state index in [0.717, 1.165) is 60.6 Å². The molecule has 1 aromatic carbocycles. The summed E-state index contributed by atoms with van der Waals surface area (Å²) in [6.45, 7) is 2.65. The van der Waals surface area contributed by atoms with E-state index in [1.54, 1.807) is 18.9 Å². The summed E-state index contributed by atoms with van der Waals surface area (Å²) in [5.74, 6) is 1.03. The van der Waals surface area contributed by atoms with E-state index >= 15 is 0 Å². The van der Waals surface area contributed by atoms with Crippen LogP contribution >= 0.6 is 0 Å². The van der Waals surface area contributed by atoms with Crippen LogP contribution in [0.2, 0.25) is 0 Å². The molecule has 0 saturated carbocycles. The van der Waals surface area contributed by atoms with Gasteiger partial charge in [0.2, 0.25) is 5.88 Å². The van der Waals surface area contributed by atoms with Crippen molar-refractivity contribution in [2.45, 2.75) is 56.5 Å². The molecule has 1 atom stereocenters. The zero-order valence-corrected chi connectivity index (χ0v) is 24.1. The molecule has 0 aliphatic carbocycles. The van der Waals surface area contributed by atoms with E-state index < -0.39 is 11.6 Å². The van der Waals surface area contributed by atoms with E-state index in [1.807, 2.05) is 31.3 Å². The topological polar surface area (TPSA) is 117 Å². The van der Waals surface area contributed by atoms with Gasteiger partial charge in [0.15, 0.2) is 0 Å². The number of methoxy groups -OCH3 is 2. The number of benzene rings is 1. The van der Waals surface area contributed by atoms with E-state index in [-0.39, 0.29) is 12.3 Å². The lowest BCUT2D eigenvalue weighted by Crippen LogP contribution is -2.35. The van der Waals surface area contributed by atoms with Gasteiger partial charge in [0.05, 0.1) is 31.4 Å². The van der Waals surface area contributed by atoms with Crippen molar-refractivity contribution in [3.05, 3.63) is 64.5 Å². The van der Waals surface area contributed by atoms with Crippen LogP contribution in [0.1, 0.15) is 59.7 Å². The van der Waals surface area contributed by atoms with Crippen LogP contribution in [0.4, 0.5) is 5.82 Å². The van der Waals surface area contributed by atoms with Gasteiger partial charge in [-0.3, -0.25) is 4.79 Å². The van der Waals surface area contributed by atoms with Gasteiger partial charge >= 0.3 is 5.97 Å². The minimum atomic E-state index is -0.880. The quantitative estimate of drug-likeness (QED) is 0.333. The van der Waals surface area contributed by atoms with E-state index in [1.165, 1.54) is 5.56 Å². The molecule has 5 rings (SSSR count). The second-order valence-corrected chi connectivity index (χ2v) is 10.8. The average Bonchev–Trinajstić information content (AvgIpc) is 3.34. The Labute approximate surface area is 241 Å². The maximum Gasteiger partial charge on any atom is 0.303 e. The first kappa shape index (κ1) is 28.9. The number of ether oxygens (including phenoxy) is 4. The standard InChI is InChI=1S/C31H40N4O6/c1-35-28(41-14-10-24-8-6-21-5-4-13-32-30(21)33-24)20-25(34-35)17-22(18-29(36)37)26-19-23(7-9-27(26)38-2)31(39-3)11-15-40-16-12-31/h6-9,19-20,22H,4-5,10-18H2,1-3H3,(H,32,33)(H,36,37). The minimum Gasteiger partial charge on any atom is -0.496 e. The number of aliphatic carboxylic acids is 1. The van der Waals surface area contributed by atoms with Crippen LogP contribution in [0.15, 0.2) is 36.4 Å². The highest BCUT2D eigenvalue weighted by Gasteiger charge is 2.35. The second-order valence-electron chi connectivity index (χ2n) is 10.8. The summed E-state index contributed by atoms with van der Waals surface area (Å²) >= 11 is 0. The van der Waals surface area contributed by atoms with Gasteiger partial charge in [-0.1, -0.05) is 12.1 Å². The van der Waals surface area contributed by atoms with E-state index in [2.05, 4.69) is 22.5 Å². The van der Waals surface area contributed by atoms with E-state index in [4.69, 9.17) is 23.9 Å². The number of carboxylic acids is 1. The molecule has 1 fully saturated rings. The van der Waals surface area contributed by atoms with Gasteiger partial charge in [0, 0.05) is 70.9 Å². The lowest BCUT2D eigenvalue weighted by atomic mass is 9.82. The van der Waals surface area contributed by atoms with Gasteiger partial charge in [-0.05, 0) is 54.2 Å². The third kappa shape index (κ3) is 6.65. The highest BCUT2D eigenvalue weighted by molar-refractivity contribution is 5.68. The molecule has 2 N–H and O–H groups in total. The predicted octanol–water partition coefficient (Wildman–Crippen LogP) is 4.26. The summed E-state index contributed by atoms with van der Waals surface area (Å²) in [4.78, 5) is 16.7. The molecule has 2 aliphatic heterocycles. The smallest absolute Gasteiger partial charge is 0.303 e. The lowest BCUT2D eigenvalue weighted by molar-refractivity contribution is -0.137. The van der Waals surface area contributed by atoms with Crippen molar-refractivity contribution >= 4 is 11.8 Å². The Morgan fingerprint density at radius 1 is 1.17 bits per heavy atom. The second kappa shape index (κ2) is 12.9. The van der Waals surface area contributed by atoms with Crippen molar-refractivity contribution in [3.63, 3.8) is 0 Å². The van der Waals surface area contributed by atoms with Crippen LogP contribution in [0.3, 0.4) is 0 Å². The third-order valence-corrected chi connectivity index (χ3v) is 8.21. The van der Waals surface area contributed by atoms with Gasteiger partial charge in [-0.2, -0.15) is 5.10 Å². The molecule has 3 aromatic rings. The normalized spacial score (nSPS) is 16.9. The molecule has 2 aliphatic rings. The van der Waals surface area contributed by atoms with Gasteiger partial charge in [0.25, 0.3) is 0 Å². The van der Waals surface area contributed by atoms with Crippen molar-refractivity contribution < 1.29 is 28.8 Å². The molecular weight excluding hydrogens is 524 g/mol. The molecule has 220 valence electrons. The SMILES string of the molecule is COc1ccc(C2(OC)CCOCC2)cc1C(CC(=O)O)Cc1cc(OCCc2ccc3c(n2)NCCC3)n(C)n1. The fourth-order valence-electron chi connectivity index (χ4n) is 5.91. The van der Waals surface area contributed by atoms with Gasteiger partial charge < -0.3 is 29.4 Å². The first-order valence-electron chi connectivity index (χ1n) is 14.3. The summed E-state index contributed by atoms with van der Waals surface area (Å²) in [6, 6.07) is 12.1. The largest absolute Gasteiger partial charge is 0.496 e. The van der Waals surface area contributed by atoms with Crippen LogP contribution in [-0.2, 0) is 46.2 Å². The number of fused-ring (bicyclic) bond motifs is 1. The summed E-state index contributed by atoms with van der Waals surface area (Å²) < 4.78 is 25.1. The Balaban J connectivity index is 1.32. The molecule has 0 bridgehead atoms. The van der Waals surface area contributed by atoms with Crippen molar-refractivity contribution in [3.8, 4) is 11.6 Å². The number of nitrogens with one attached hydrogen (secondary N) is 1. The van der Waals surface area contributed by atoms with Crippen LogP contribution in [-0.4, -0.2) is 66.4 Å². The fourth-order valence-corrected chi connectivity index (χ4v) is 5.91. The molecule has 4 heterocycles. The monoisotopic (exact) mass is 564 g/mol. The molecule has 2 aromatic heterocycles. The Morgan fingerprint density at radius 3 is 2.76 bits per heavy atom. The summed E-state index contributed by atoms with van der Waals surface area (Å²) in [6.07, 6.45) is 4.69. The van der Waals surface area contributed by atoms with Crippen LogP contribution in [0.25, 0.3) is 0 Å². The zero-order valence-electron chi connectivity index (χ0n) is 24.1. The predicted molar refractivity (Wildman–Crippen MR) is 154 cm³/mol. The third-order valence-electron chi connectivity index (χ3n) is 8.21. The first-order chi connectivity index (χ1) is 19.9. The number of nitrogens with zero attached hydrogens (tertiary/aromatic N) is 3. The molecule has 1 unspecified atom stereocenters. The van der Waals surface area contributed by atoms with Crippen molar-refractivity contribution in [2.24, 2.45) is 7.05 Å². The zero-order chi connectivity index (χ0) is 28.8. The number of aryl methyl sites for hydroxylation is 2. The van der Waals surface area contributed by atoms with Crippen LogP contribution in [0, 0.1) is 0 Å². The Kier molecular flexibility index (Phi) is 9.09.